The fraction of sp³-hybridized carbons (Fsp3) is 0.500. The predicted molar refractivity (Wildman–Crippen MR) is 71.8 cm³/mol. The Morgan fingerprint density at radius 1 is 1.33 bits per heavy atom. The van der Waals surface area contributed by atoms with Crippen LogP contribution in [-0.4, -0.2) is 26.3 Å². The first-order valence-corrected chi connectivity index (χ1v) is 6.42. The van der Waals surface area contributed by atoms with Crippen LogP contribution in [0.4, 0.5) is 10.5 Å². The van der Waals surface area contributed by atoms with Gasteiger partial charge in [-0.05, 0) is 56.0 Å². The standard InChI is InChI=1S/C14H20N2O2/c1-18-14(17)16-13-4-2-11(3-5-13)10-12-6-8-15-9-7-12/h2-5,12,15H,6-10H2,1H3,(H,16,17). The zero-order valence-electron chi connectivity index (χ0n) is 10.7. The Kier molecular flexibility index (Phi) is 4.59. The fourth-order valence-electron chi connectivity index (χ4n) is 2.31. The summed E-state index contributed by atoms with van der Waals surface area (Å²) in [5.41, 5.74) is 2.10. The highest BCUT2D eigenvalue weighted by molar-refractivity contribution is 5.84. The van der Waals surface area contributed by atoms with Gasteiger partial charge in [0.15, 0.2) is 0 Å². The van der Waals surface area contributed by atoms with E-state index in [-0.39, 0.29) is 0 Å². The quantitative estimate of drug-likeness (QED) is 0.863. The smallest absolute Gasteiger partial charge is 0.411 e. The third kappa shape index (κ3) is 3.74. The number of ether oxygens (including phenoxy) is 1. The summed E-state index contributed by atoms with van der Waals surface area (Å²) in [5.74, 6) is 0.783. The van der Waals surface area contributed by atoms with Gasteiger partial charge < -0.3 is 10.1 Å². The maximum atomic E-state index is 11.0. The molecule has 0 aromatic heterocycles. The van der Waals surface area contributed by atoms with E-state index in [1.165, 1.54) is 25.5 Å². The first-order valence-electron chi connectivity index (χ1n) is 6.42. The van der Waals surface area contributed by atoms with Gasteiger partial charge in [0.1, 0.15) is 0 Å². The number of carbonyl (C=O) groups excluding carboxylic acids is 1. The maximum Gasteiger partial charge on any atom is 0.411 e. The predicted octanol–water partition coefficient (Wildman–Crippen LogP) is 2.41. The Hall–Kier alpha value is -1.55. The van der Waals surface area contributed by atoms with Gasteiger partial charge in [0.2, 0.25) is 0 Å². The summed E-state index contributed by atoms with van der Waals surface area (Å²) in [5, 5.41) is 6.03. The molecule has 1 amide bonds. The van der Waals surface area contributed by atoms with Crippen LogP contribution in [-0.2, 0) is 11.2 Å². The number of amides is 1. The summed E-state index contributed by atoms with van der Waals surface area (Å²) < 4.78 is 4.55. The van der Waals surface area contributed by atoms with Crippen molar-refractivity contribution in [3.8, 4) is 0 Å². The van der Waals surface area contributed by atoms with Crippen LogP contribution in [0.1, 0.15) is 18.4 Å². The summed E-state index contributed by atoms with van der Waals surface area (Å²) in [7, 11) is 1.36. The number of nitrogens with one attached hydrogen (secondary N) is 2. The Bertz CT molecular complexity index is 383. The Balaban J connectivity index is 1.88. The maximum absolute atomic E-state index is 11.0. The third-order valence-electron chi connectivity index (χ3n) is 3.37. The zero-order chi connectivity index (χ0) is 12.8. The number of carbonyl (C=O) groups is 1. The van der Waals surface area contributed by atoms with E-state index in [1.807, 2.05) is 12.1 Å². The SMILES string of the molecule is COC(=O)Nc1ccc(CC2CCNCC2)cc1. The van der Waals surface area contributed by atoms with Crippen LogP contribution < -0.4 is 10.6 Å². The lowest BCUT2D eigenvalue weighted by Gasteiger charge is -2.22. The van der Waals surface area contributed by atoms with Crippen LogP contribution in [0.3, 0.4) is 0 Å². The number of anilines is 1. The molecule has 1 aromatic rings. The highest BCUT2D eigenvalue weighted by atomic mass is 16.5. The molecule has 0 saturated carbocycles. The van der Waals surface area contributed by atoms with E-state index in [4.69, 9.17) is 0 Å². The molecule has 1 heterocycles. The van der Waals surface area contributed by atoms with E-state index in [1.54, 1.807) is 0 Å². The van der Waals surface area contributed by atoms with Crippen LogP contribution in [0.25, 0.3) is 0 Å². The Morgan fingerprint density at radius 2 is 2.00 bits per heavy atom. The molecule has 0 unspecified atom stereocenters. The fourth-order valence-corrected chi connectivity index (χ4v) is 2.31. The number of benzene rings is 1. The average molecular weight is 248 g/mol. The van der Waals surface area contributed by atoms with Crippen molar-refractivity contribution in [3.63, 3.8) is 0 Å². The summed E-state index contributed by atoms with van der Waals surface area (Å²) in [6.07, 6.45) is 3.20. The van der Waals surface area contributed by atoms with Gasteiger partial charge in [0.05, 0.1) is 7.11 Å². The molecule has 0 radical (unpaired) electrons. The molecule has 98 valence electrons. The number of piperidine rings is 1. The largest absolute Gasteiger partial charge is 0.453 e. The van der Waals surface area contributed by atoms with Crippen molar-refractivity contribution in [1.82, 2.24) is 5.32 Å². The zero-order valence-corrected chi connectivity index (χ0v) is 10.7. The lowest BCUT2D eigenvalue weighted by molar-refractivity contribution is 0.187. The molecule has 1 aliphatic rings. The van der Waals surface area contributed by atoms with Gasteiger partial charge in [-0.15, -0.1) is 0 Å². The molecule has 2 N–H and O–H groups in total. The van der Waals surface area contributed by atoms with Crippen molar-refractivity contribution in [2.75, 3.05) is 25.5 Å². The van der Waals surface area contributed by atoms with E-state index in [0.717, 1.165) is 31.1 Å². The number of methoxy groups -OCH3 is 1. The Morgan fingerprint density at radius 3 is 2.61 bits per heavy atom. The average Bonchev–Trinajstić information content (AvgIpc) is 2.42. The number of hydrogen-bond donors (Lipinski definition) is 2. The van der Waals surface area contributed by atoms with Gasteiger partial charge in [-0.2, -0.15) is 0 Å². The van der Waals surface area contributed by atoms with Crippen molar-refractivity contribution >= 4 is 11.8 Å². The molecule has 1 aromatic carbocycles. The van der Waals surface area contributed by atoms with Crippen LogP contribution >= 0.6 is 0 Å². The second-order valence-electron chi connectivity index (χ2n) is 4.71. The molecule has 4 heteroatoms. The third-order valence-corrected chi connectivity index (χ3v) is 3.37. The summed E-state index contributed by atoms with van der Waals surface area (Å²) in [4.78, 5) is 11.0. The van der Waals surface area contributed by atoms with Crippen LogP contribution in [0.15, 0.2) is 24.3 Å². The molecule has 0 spiro atoms. The van der Waals surface area contributed by atoms with Crippen LogP contribution in [0.5, 0.6) is 0 Å². The Labute approximate surface area is 108 Å². The molecular formula is C14H20N2O2. The van der Waals surface area contributed by atoms with Crippen molar-refractivity contribution in [1.29, 1.82) is 0 Å². The van der Waals surface area contributed by atoms with Crippen LogP contribution in [0, 0.1) is 5.92 Å². The molecular weight excluding hydrogens is 228 g/mol. The lowest BCUT2D eigenvalue weighted by Crippen LogP contribution is -2.28. The molecule has 0 atom stereocenters. The highest BCUT2D eigenvalue weighted by Crippen LogP contribution is 2.19. The summed E-state index contributed by atoms with van der Waals surface area (Å²) in [6.45, 7) is 2.26. The molecule has 4 nitrogen and oxygen atoms in total. The van der Waals surface area contributed by atoms with Crippen LogP contribution in [0.2, 0.25) is 0 Å². The summed E-state index contributed by atoms with van der Waals surface area (Å²) >= 11 is 0. The van der Waals surface area contributed by atoms with Crippen molar-refractivity contribution in [3.05, 3.63) is 29.8 Å². The highest BCUT2D eigenvalue weighted by Gasteiger charge is 2.13. The number of rotatable bonds is 3. The topological polar surface area (TPSA) is 50.4 Å². The van der Waals surface area contributed by atoms with Crippen molar-refractivity contribution in [2.45, 2.75) is 19.3 Å². The van der Waals surface area contributed by atoms with Gasteiger partial charge in [-0.3, -0.25) is 5.32 Å². The van der Waals surface area contributed by atoms with E-state index in [9.17, 15) is 4.79 Å². The van der Waals surface area contributed by atoms with E-state index in [0.29, 0.717) is 0 Å². The van der Waals surface area contributed by atoms with Gasteiger partial charge in [0.25, 0.3) is 0 Å². The normalized spacial score (nSPS) is 16.3. The van der Waals surface area contributed by atoms with Gasteiger partial charge in [0, 0.05) is 5.69 Å². The summed E-state index contributed by atoms with van der Waals surface area (Å²) in [6, 6.07) is 8.00. The monoisotopic (exact) mass is 248 g/mol. The van der Waals surface area contributed by atoms with Gasteiger partial charge in [-0.25, -0.2) is 4.79 Å². The van der Waals surface area contributed by atoms with E-state index >= 15 is 0 Å². The lowest BCUT2D eigenvalue weighted by atomic mass is 9.91. The van der Waals surface area contributed by atoms with Crippen molar-refractivity contribution < 1.29 is 9.53 Å². The van der Waals surface area contributed by atoms with E-state index < -0.39 is 6.09 Å². The first kappa shape index (κ1) is 12.9. The molecule has 1 saturated heterocycles. The first-order chi connectivity index (χ1) is 8.78. The molecule has 0 bridgehead atoms. The van der Waals surface area contributed by atoms with Crippen molar-refractivity contribution in [2.24, 2.45) is 5.92 Å². The minimum atomic E-state index is -0.430. The minimum absolute atomic E-state index is 0.430. The van der Waals surface area contributed by atoms with Gasteiger partial charge in [-0.1, -0.05) is 12.1 Å². The molecule has 1 aliphatic heterocycles. The molecule has 1 fully saturated rings. The second-order valence-corrected chi connectivity index (χ2v) is 4.71. The molecule has 0 aliphatic carbocycles. The van der Waals surface area contributed by atoms with E-state index in [2.05, 4.69) is 27.5 Å². The molecule has 18 heavy (non-hydrogen) atoms. The number of hydrogen-bond acceptors (Lipinski definition) is 3. The molecule has 2 rings (SSSR count). The second kappa shape index (κ2) is 6.40. The van der Waals surface area contributed by atoms with Gasteiger partial charge >= 0.3 is 6.09 Å². The minimum Gasteiger partial charge on any atom is -0.453 e.